The standard InChI is InChI=1S/C19H25NO3/c1-13-7-9-19(10-8-13,18(22)23)20-17(21)12-15-11-16(15)14-5-3-2-4-6-14/h2-6,13,15-16H,7-12H2,1H3,(H,20,21)(H,22,23)/t13?,15-,16-,19?/m0/s1. The summed E-state index contributed by atoms with van der Waals surface area (Å²) in [6.45, 7) is 2.14. The van der Waals surface area contributed by atoms with Gasteiger partial charge in [-0.3, -0.25) is 4.79 Å². The van der Waals surface area contributed by atoms with Gasteiger partial charge in [0.15, 0.2) is 0 Å². The third-order valence-corrected chi connectivity index (χ3v) is 5.51. The Hall–Kier alpha value is -1.84. The van der Waals surface area contributed by atoms with E-state index in [9.17, 15) is 14.7 Å². The summed E-state index contributed by atoms with van der Waals surface area (Å²) < 4.78 is 0. The normalized spacial score (nSPS) is 33.0. The Balaban J connectivity index is 1.56. The second-order valence-electron chi connectivity index (χ2n) is 7.34. The van der Waals surface area contributed by atoms with Crippen LogP contribution >= 0.6 is 0 Å². The van der Waals surface area contributed by atoms with Crippen molar-refractivity contribution in [2.45, 2.75) is 56.9 Å². The molecule has 0 unspecified atom stereocenters. The van der Waals surface area contributed by atoms with Gasteiger partial charge in [0.1, 0.15) is 5.54 Å². The van der Waals surface area contributed by atoms with Crippen LogP contribution in [-0.2, 0) is 9.59 Å². The van der Waals surface area contributed by atoms with Crippen molar-refractivity contribution in [2.24, 2.45) is 11.8 Å². The van der Waals surface area contributed by atoms with Crippen LogP contribution in [0.2, 0.25) is 0 Å². The number of nitrogens with one attached hydrogen (secondary N) is 1. The lowest BCUT2D eigenvalue weighted by atomic mass is 9.77. The molecule has 1 aromatic carbocycles. The zero-order valence-corrected chi connectivity index (χ0v) is 13.6. The lowest BCUT2D eigenvalue weighted by Crippen LogP contribution is -2.56. The Morgan fingerprint density at radius 1 is 1.22 bits per heavy atom. The molecule has 0 saturated heterocycles. The highest BCUT2D eigenvalue weighted by molar-refractivity contribution is 5.87. The van der Waals surface area contributed by atoms with Gasteiger partial charge in [0.05, 0.1) is 0 Å². The lowest BCUT2D eigenvalue weighted by molar-refractivity contribution is -0.149. The summed E-state index contributed by atoms with van der Waals surface area (Å²) in [5.74, 6) is 0.365. The number of benzene rings is 1. The molecule has 1 aromatic rings. The maximum Gasteiger partial charge on any atom is 0.329 e. The van der Waals surface area contributed by atoms with Gasteiger partial charge >= 0.3 is 5.97 Å². The molecular formula is C19H25NO3. The first-order valence-corrected chi connectivity index (χ1v) is 8.59. The van der Waals surface area contributed by atoms with Crippen molar-refractivity contribution < 1.29 is 14.7 Å². The molecule has 2 aliphatic carbocycles. The van der Waals surface area contributed by atoms with E-state index >= 15 is 0 Å². The molecule has 0 heterocycles. The fourth-order valence-corrected chi connectivity index (χ4v) is 3.78. The first-order valence-electron chi connectivity index (χ1n) is 8.59. The summed E-state index contributed by atoms with van der Waals surface area (Å²) >= 11 is 0. The Labute approximate surface area is 137 Å². The molecule has 0 bridgehead atoms. The number of rotatable bonds is 5. The predicted octanol–water partition coefficient (Wildman–Crippen LogP) is 3.33. The van der Waals surface area contributed by atoms with E-state index < -0.39 is 11.5 Å². The molecule has 2 atom stereocenters. The summed E-state index contributed by atoms with van der Waals surface area (Å²) in [5, 5.41) is 12.4. The molecule has 0 spiro atoms. The molecule has 0 aliphatic heterocycles. The van der Waals surface area contributed by atoms with Crippen LogP contribution in [0, 0.1) is 11.8 Å². The summed E-state index contributed by atoms with van der Waals surface area (Å²) in [6.07, 6.45) is 4.27. The number of carbonyl (C=O) groups excluding carboxylic acids is 1. The van der Waals surface area contributed by atoms with Gasteiger partial charge in [-0.15, -0.1) is 0 Å². The molecule has 2 N–H and O–H groups in total. The smallest absolute Gasteiger partial charge is 0.329 e. The second kappa shape index (κ2) is 6.34. The summed E-state index contributed by atoms with van der Waals surface area (Å²) in [7, 11) is 0. The van der Waals surface area contributed by atoms with Crippen LogP contribution < -0.4 is 5.32 Å². The Morgan fingerprint density at radius 3 is 2.48 bits per heavy atom. The molecule has 2 aliphatic rings. The number of carboxylic acids is 1. The zero-order valence-electron chi connectivity index (χ0n) is 13.6. The SMILES string of the molecule is CC1CCC(NC(=O)C[C@@H]2C[C@H]2c2ccccc2)(C(=O)O)CC1. The summed E-state index contributed by atoms with van der Waals surface area (Å²) in [4.78, 5) is 24.0. The van der Waals surface area contributed by atoms with Crippen LogP contribution in [0.3, 0.4) is 0 Å². The van der Waals surface area contributed by atoms with Crippen molar-refractivity contribution in [3.05, 3.63) is 35.9 Å². The van der Waals surface area contributed by atoms with E-state index in [1.54, 1.807) is 0 Å². The number of hydrogen-bond acceptors (Lipinski definition) is 2. The minimum Gasteiger partial charge on any atom is -0.480 e. The Bertz CT molecular complexity index is 576. The minimum absolute atomic E-state index is 0.106. The molecule has 4 nitrogen and oxygen atoms in total. The van der Waals surface area contributed by atoms with Crippen LogP contribution in [0.4, 0.5) is 0 Å². The maximum absolute atomic E-state index is 12.4. The second-order valence-corrected chi connectivity index (χ2v) is 7.34. The fourth-order valence-electron chi connectivity index (χ4n) is 3.78. The third kappa shape index (κ3) is 3.57. The highest BCUT2D eigenvalue weighted by Gasteiger charge is 2.44. The molecule has 1 amide bonds. The van der Waals surface area contributed by atoms with Crippen molar-refractivity contribution in [3.63, 3.8) is 0 Å². The molecule has 0 aromatic heterocycles. The topological polar surface area (TPSA) is 66.4 Å². The minimum atomic E-state index is -1.04. The molecule has 3 rings (SSSR count). The van der Waals surface area contributed by atoms with Crippen LogP contribution in [0.15, 0.2) is 30.3 Å². The van der Waals surface area contributed by atoms with Gasteiger partial charge in [-0.1, -0.05) is 37.3 Å². The van der Waals surface area contributed by atoms with Gasteiger partial charge in [0.25, 0.3) is 0 Å². The van der Waals surface area contributed by atoms with E-state index in [-0.39, 0.29) is 5.91 Å². The summed E-state index contributed by atoms with van der Waals surface area (Å²) in [5.41, 5.74) is 0.241. The van der Waals surface area contributed by atoms with E-state index in [0.29, 0.717) is 37.0 Å². The van der Waals surface area contributed by atoms with Crippen LogP contribution in [0.1, 0.15) is 56.9 Å². The lowest BCUT2D eigenvalue weighted by Gasteiger charge is -2.36. The van der Waals surface area contributed by atoms with E-state index in [4.69, 9.17) is 0 Å². The maximum atomic E-state index is 12.4. The molecule has 124 valence electrons. The predicted molar refractivity (Wildman–Crippen MR) is 88.0 cm³/mol. The van der Waals surface area contributed by atoms with E-state index in [1.807, 2.05) is 18.2 Å². The zero-order chi connectivity index (χ0) is 16.4. The monoisotopic (exact) mass is 315 g/mol. The molecule has 2 fully saturated rings. The average molecular weight is 315 g/mol. The number of hydrogen-bond donors (Lipinski definition) is 2. The molecular weight excluding hydrogens is 290 g/mol. The number of aliphatic carboxylic acids is 1. The fraction of sp³-hybridized carbons (Fsp3) is 0.579. The summed E-state index contributed by atoms with van der Waals surface area (Å²) in [6, 6.07) is 10.2. The van der Waals surface area contributed by atoms with Gasteiger partial charge in [-0.05, 0) is 55.4 Å². The average Bonchev–Trinajstić information content (AvgIpc) is 3.29. The highest BCUT2D eigenvalue weighted by atomic mass is 16.4. The molecule has 2 saturated carbocycles. The quantitative estimate of drug-likeness (QED) is 0.876. The number of carbonyl (C=O) groups is 2. The third-order valence-electron chi connectivity index (χ3n) is 5.51. The first-order chi connectivity index (χ1) is 11.0. The van der Waals surface area contributed by atoms with Crippen molar-refractivity contribution in [2.75, 3.05) is 0 Å². The van der Waals surface area contributed by atoms with Crippen LogP contribution in [-0.4, -0.2) is 22.5 Å². The van der Waals surface area contributed by atoms with Crippen molar-refractivity contribution in [3.8, 4) is 0 Å². The molecule has 0 radical (unpaired) electrons. The van der Waals surface area contributed by atoms with Crippen LogP contribution in [0.5, 0.6) is 0 Å². The molecule has 23 heavy (non-hydrogen) atoms. The van der Waals surface area contributed by atoms with Crippen molar-refractivity contribution in [1.29, 1.82) is 0 Å². The van der Waals surface area contributed by atoms with Gasteiger partial charge < -0.3 is 10.4 Å². The van der Waals surface area contributed by atoms with E-state index in [1.165, 1.54) is 5.56 Å². The number of amides is 1. The molecule has 4 heteroatoms. The van der Waals surface area contributed by atoms with Gasteiger partial charge in [0, 0.05) is 6.42 Å². The van der Waals surface area contributed by atoms with Gasteiger partial charge in [-0.2, -0.15) is 0 Å². The van der Waals surface area contributed by atoms with Gasteiger partial charge in [-0.25, -0.2) is 4.79 Å². The van der Waals surface area contributed by atoms with Crippen LogP contribution in [0.25, 0.3) is 0 Å². The van der Waals surface area contributed by atoms with Gasteiger partial charge in [0.2, 0.25) is 5.91 Å². The largest absolute Gasteiger partial charge is 0.480 e. The Morgan fingerprint density at radius 2 is 1.87 bits per heavy atom. The van der Waals surface area contributed by atoms with E-state index in [2.05, 4.69) is 24.4 Å². The van der Waals surface area contributed by atoms with Crippen molar-refractivity contribution in [1.82, 2.24) is 5.32 Å². The van der Waals surface area contributed by atoms with Crippen molar-refractivity contribution >= 4 is 11.9 Å². The van der Waals surface area contributed by atoms with E-state index in [0.717, 1.165) is 19.3 Å². The Kier molecular flexibility index (Phi) is 4.42. The highest BCUT2D eigenvalue weighted by Crippen LogP contribution is 2.49. The number of carboxylic acid groups (broad SMARTS) is 1. The first kappa shape index (κ1) is 16.0.